The van der Waals surface area contributed by atoms with Crippen LogP contribution in [0.5, 0.6) is 17.2 Å². The van der Waals surface area contributed by atoms with Crippen molar-refractivity contribution in [2.75, 3.05) is 26.2 Å². The zero-order valence-electron chi connectivity index (χ0n) is 43.7. The zero-order valence-corrected chi connectivity index (χ0v) is 44.5. The molecule has 0 bridgehead atoms. The van der Waals surface area contributed by atoms with E-state index in [1.165, 1.54) is 0 Å². The molecule has 0 saturated heterocycles. The lowest BCUT2D eigenvalue weighted by molar-refractivity contribution is -0.683. The number of rotatable bonds is 17. The second kappa shape index (κ2) is 21.5. The lowest BCUT2D eigenvalue weighted by atomic mass is 9.95. The number of amides is 2. The Kier molecular flexibility index (Phi) is 14.1. The highest BCUT2D eigenvalue weighted by atomic mass is 35.5. The number of hydrogen-bond acceptors (Lipinski definition) is 5. The highest BCUT2D eigenvalue weighted by Gasteiger charge is 2.23. The van der Waals surface area contributed by atoms with Crippen molar-refractivity contribution in [2.45, 2.75) is 60.0 Å². The molecule has 0 fully saturated rings. The molecule has 5 N–H and O–H groups in total. The van der Waals surface area contributed by atoms with Crippen LogP contribution in [0.4, 0.5) is 0 Å². The maximum atomic E-state index is 14.4. The van der Waals surface area contributed by atoms with Gasteiger partial charge < -0.3 is 35.1 Å². The summed E-state index contributed by atoms with van der Waals surface area (Å²) in [6.07, 6.45) is 10.3. The molecule has 7 aromatic carbocycles. The summed E-state index contributed by atoms with van der Waals surface area (Å²) in [6.45, 7) is 10.4. The average Bonchev–Trinajstić information content (AvgIpc) is 4.23. The van der Waals surface area contributed by atoms with Gasteiger partial charge in [0.1, 0.15) is 23.9 Å². The predicted molar refractivity (Wildman–Crippen MR) is 309 cm³/mol. The standard InChI is InChI=1S/C65H59ClN6O5/c1-40-54-36-70(30-26-50(54)42(3)64-60(40)52-34-47(73)20-24-56(52)68-64)38-58(75)67-28-12-7-13-29-72(32-33-77-49-22-18-45(19-23-49)62(44-14-8-5-9-15-44)63(66)46-16-10-6-11-17-46)59(76)39-71-31-27-51-43(4)65-61(41(2)55(51)37-71)53-35-48(74)21-25-57(53)69-65/h5-6,8-11,14-27,30-31,34-37H,7,12-13,28-29,32-33,38-39H2,1-4H3,(H3,67,73,74,75)/p+2/b63-62+. The molecule has 2 amide bonds. The third-order valence-electron chi connectivity index (χ3n) is 15.2. The lowest BCUT2D eigenvalue weighted by Gasteiger charge is -2.22. The zero-order chi connectivity index (χ0) is 53.3. The van der Waals surface area contributed by atoms with E-state index in [-0.39, 0.29) is 36.4 Å². The number of carbonyl (C=O) groups is 2. The number of ether oxygens (including phenoxy) is 1. The first-order valence-electron chi connectivity index (χ1n) is 26.3. The van der Waals surface area contributed by atoms with E-state index in [9.17, 15) is 19.8 Å². The number of aromatic hydroxyl groups is 2. The Hall–Kier alpha value is -8.67. The first kappa shape index (κ1) is 50.5. The van der Waals surface area contributed by atoms with E-state index in [0.717, 1.165) is 129 Å². The summed E-state index contributed by atoms with van der Waals surface area (Å²) in [6, 6.07) is 43.0. The van der Waals surface area contributed by atoms with Crippen LogP contribution in [0.2, 0.25) is 0 Å². The van der Waals surface area contributed by atoms with Gasteiger partial charge in [0.05, 0.1) is 22.6 Å². The Balaban J connectivity index is 0.763. The third-order valence-corrected chi connectivity index (χ3v) is 15.6. The van der Waals surface area contributed by atoms with Crippen molar-refractivity contribution in [1.82, 2.24) is 20.2 Å². The van der Waals surface area contributed by atoms with Gasteiger partial charge in [0.2, 0.25) is 13.1 Å². The molecule has 0 unspecified atom stereocenters. The number of aryl methyl sites for hydroxylation is 4. The number of pyridine rings is 2. The van der Waals surface area contributed by atoms with Crippen LogP contribution in [0.3, 0.4) is 0 Å². The molecule has 0 aliphatic rings. The summed E-state index contributed by atoms with van der Waals surface area (Å²) in [5.74, 6) is 1.03. The van der Waals surface area contributed by atoms with Crippen molar-refractivity contribution in [3.05, 3.63) is 197 Å². The summed E-state index contributed by atoms with van der Waals surface area (Å²) in [5.41, 5.74) is 12.2. The number of halogens is 1. The fraction of sp³-hybridized carbons (Fsp3) is 0.200. The molecule has 12 heteroatoms. The van der Waals surface area contributed by atoms with Gasteiger partial charge in [-0.1, -0.05) is 84.4 Å². The largest absolute Gasteiger partial charge is 0.508 e. The second-order valence-electron chi connectivity index (χ2n) is 20.2. The molecule has 11 nitrogen and oxygen atoms in total. The molecular weight excluding hydrogens is 980 g/mol. The van der Waals surface area contributed by atoms with Crippen LogP contribution in [-0.4, -0.2) is 63.1 Å². The van der Waals surface area contributed by atoms with Crippen molar-refractivity contribution < 1.29 is 33.7 Å². The summed E-state index contributed by atoms with van der Waals surface area (Å²) in [4.78, 5) is 36.7. The molecule has 0 aliphatic heterocycles. The molecule has 0 radical (unpaired) electrons. The van der Waals surface area contributed by atoms with E-state index < -0.39 is 0 Å². The topological polar surface area (TPSA) is 138 Å². The van der Waals surface area contributed by atoms with Gasteiger partial charge in [0.25, 0.3) is 11.8 Å². The maximum Gasteiger partial charge on any atom is 0.288 e. The SMILES string of the molecule is Cc1c2cc[n+](CC(=O)NCCCCCN(CCOc3ccc(/C(=C(/Cl)c4ccccc4)c4ccccc4)cc3)C(=O)C[n+]3ccc4c(C)c5[nH]c6ccc(O)cc6c5c(C)c4c3)cc2c(C)c2c1[nH]c1ccc(O)cc12. The van der Waals surface area contributed by atoms with E-state index in [1.807, 2.05) is 118 Å². The third kappa shape index (κ3) is 10.1. The van der Waals surface area contributed by atoms with E-state index in [2.05, 4.69) is 73.4 Å². The average molecular weight is 1040 g/mol. The quantitative estimate of drug-likeness (QED) is 0.0351. The molecular formula is C65H61ClN6O5+2. The number of nitrogens with zero attached hydrogens (tertiary/aromatic N) is 3. The van der Waals surface area contributed by atoms with E-state index in [1.54, 1.807) is 24.3 Å². The van der Waals surface area contributed by atoms with Crippen LogP contribution in [-0.2, 0) is 22.7 Å². The predicted octanol–water partition coefficient (Wildman–Crippen LogP) is 12.5. The van der Waals surface area contributed by atoms with Crippen molar-refractivity contribution in [1.29, 1.82) is 0 Å². The van der Waals surface area contributed by atoms with Crippen LogP contribution in [0, 0.1) is 27.7 Å². The minimum absolute atomic E-state index is 0.0244. The van der Waals surface area contributed by atoms with Gasteiger partial charge in [0, 0.05) is 74.1 Å². The molecule has 0 spiro atoms. The number of carbonyl (C=O) groups excluding carboxylic acids is 2. The van der Waals surface area contributed by atoms with Crippen LogP contribution in [0.15, 0.2) is 158 Å². The molecule has 0 atom stereocenters. The van der Waals surface area contributed by atoms with Crippen molar-refractivity contribution in [3.8, 4) is 17.2 Å². The number of hydrogen-bond donors (Lipinski definition) is 5. The van der Waals surface area contributed by atoms with Gasteiger partial charge in [-0.25, -0.2) is 0 Å². The van der Waals surface area contributed by atoms with Crippen LogP contribution in [0.1, 0.15) is 58.2 Å². The van der Waals surface area contributed by atoms with Crippen LogP contribution < -0.4 is 19.2 Å². The Bertz CT molecular complexity index is 4090. The first-order chi connectivity index (χ1) is 37.4. The molecule has 4 aromatic heterocycles. The minimum atomic E-state index is -0.0724. The summed E-state index contributed by atoms with van der Waals surface area (Å²) in [7, 11) is 0. The summed E-state index contributed by atoms with van der Waals surface area (Å²) >= 11 is 7.11. The van der Waals surface area contributed by atoms with Gasteiger partial charge in [-0.2, -0.15) is 9.13 Å². The van der Waals surface area contributed by atoms with E-state index in [0.29, 0.717) is 37.0 Å². The smallest absolute Gasteiger partial charge is 0.288 e. The summed E-state index contributed by atoms with van der Waals surface area (Å²) in [5, 5.41) is 32.8. The van der Waals surface area contributed by atoms with Crippen LogP contribution in [0.25, 0.3) is 75.8 Å². The number of phenolic OH excluding ortho intramolecular Hbond substituents is 2. The number of benzene rings is 7. The number of fused-ring (bicyclic) bond motifs is 8. The molecule has 11 rings (SSSR count). The van der Waals surface area contributed by atoms with Gasteiger partial charge in [0.15, 0.2) is 24.8 Å². The normalized spacial score (nSPS) is 12.1. The molecule has 386 valence electrons. The Morgan fingerprint density at radius 3 is 1.68 bits per heavy atom. The molecule has 11 aromatic rings. The Morgan fingerprint density at radius 2 is 1.10 bits per heavy atom. The maximum absolute atomic E-state index is 14.4. The number of nitrogens with one attached hydrogen (secondary N) is 3. The van der Waals surface area contributed by atoms with Gasteiger partial charge >= 0.3 is 0 Å². The van der Waals surface area contributed by atoms with Crippen molar-refractivity contribution >= 4 is 99.2 Å². The molecule has 4 heterocycles. The number of unbranched alkanes of at least 4 members (excludes halogenated alkanes) is 2. The highest BCUT2D eigenvalue weighted by molar-refractivity contribution is 6.53. The molecule has 77 heavy (non-hydrogen) atoms. The first-order valence-corrected chi connectivity index (χ1v) is 26.7. The van der Waals surface area contributed by atoms with Gasteiger partial charge in [-0.15, -0.1) is 0 Å². The second-order valence-corrected chi connectivity index (χ2v) is 20.6. The van der Waals surface area contributed by atoms with Crippen molar-refractivity contribution in [3.63, 3.8) is 0 Å². The minimum Gasteiger partial charge on any atom is -0.508 e. The molecule has 0 saturated carbocycles. The fourth-order valence-corrected chi connectivity index (χ4v) is 11.5. The van der Waals surface area contributed by atoms with E-state index >= 15 is 0 Å². The lowest BCUT2D eigenvalue weighted by Crippen LogP contribution is -2.46. The number of H-pyrrole nitrogens is 2. The van der Waals surface area contributed by atoms with E-state index in [4.69, 9.17) is 16.3 Å². The monoisotopic (exact) mass is 1040 g/mol. The summed E-state index contributed by atoms with van der Waals surface area (Å²) < 4.78 is 10.2. The number of aromatic nitrogens is 4. The van der Waals surface area contributed by atoms with Crippen LogP contribution >= 0.6 is 11.6 Å². The Labute approximate surface area is 451 Å². The highest BCUT2D eigenvalue weighted by Crippen LogP contribution is 2.40. The fourth-order valence-electron chi connectivity index (χ4n) is 11.2. The number of aromatic amines is 2. The van der Waals surface area contributed by atoms with Crippen molar-refractivity contribution in [2.24, 2.45) is 0 Å². The number of phenols is 2. The van der Waals surface area contributed by atoms with Gasteiger partial charge in [-0.3, -0.25) is 9.59 Å². The van der Waals surface area contributed by atoms with Gasteiger partial charge in [-0.05, 0) is 145 Å². The Morgan fingerprint density at radius 1 is 0.571 bits per heavy atom. The molecule has 0 aliphatic carbocycles.